The molecule has 3 aromatic rings. The number of benzene rings is 3. The molecule has 0 fully saturated rings. The van der Waals surface area contributed by atoms with E-state index in [2.05, 4.69) is 5.32 Å². The van der Waals surface area contributed by atoms with E-state index in [9.17, 15) is 18.0 Å². The second kappa shape index (κ2) is 16.2. The van der Waals surface area contributed by atoms with Crippen molar-refractivity contribution in [3.05, 3.63) is 95.0 Å². The first-order valence-corrected chi connectivity index (χ1v) is 16.3. The molecule has 0 aliphatic rings. The van der Waals surface area contributed by atoms with Crippen molar-refractivity contribution < 1.29 is 22.7 Å². The van der Waals surface area contributed by atoms with Gasteiger partial charge in [0.15, 0.2) is 0 Å². The summed E-state index contributed by atoms with van der Waals surface area (Å²) >= 11 is 6.48. The van der Waals surface area contributed by atoms with Crippen LogP contribution in [0.4, 0.5) is 5.69 Å². The number of ether oxygens (including phenoxy) is 1. The number of amides is 2. The average Bonchev–Trinajstić information content (AvgIpc) is 2.98. The number of anilines is 1. The van der Waals surface area contributed by atoms with Gasteiger partial charge in [-0.3, -0.25) is 13.9 Å². The predicted octanol–water partition coefficient (Wildman–Crippen LogP) is 5.45. The monoisotopic (exact) mass is 613 g/mol. The van der Waals surface area contributed by atoms with Gasteiger partial charge in [-0.15, -0.1) is 0 Å². The Kier molecular flexibility index (Phi) is 12.7. The van der Waals surface area contributed by atoms with E-state index in [0.29, 0.717) is 29.4 Å². The van der Waals surface area contributed by atoms with Gasteiger partial charge in [-0.05, 0) is 54.3 Å². The SMILES string of the molecule is CCCCNC(=O)C(Cc1ccccc1)N(Cc1ccccc1Cl)C(=O)CCCN(c1ccc(OC)cc1)S(C)(=O)=O. The Balaban J connectivity index is 1.87. The summed E-state index contributed by atoms with van der Waals surface area (Å²) in [6, 6.07) is 22.8. The molecule has 0 spiro atoms. The van der Waals surface area contributed by atoms with E-state index in [1.807, 2.05) is 55.5 Å². The highest BCUT2D eigenvalue weighted by Gasteiger charge is 2.31. The zero-order valence-electron chi connectivity index (χ0n) is 24.5. The molecular formula is C32H40ClN3O5S. The minimum Gasteiger partial charge on any atom is -0.497 e. The second-order valence-electron chi connectivity index (χ2n) is 10.1. The van der Waals surface area contributed by atoms with Crippen molar-refractivity contribution in [2.45, 2.75) is 51.6 Å². The lowest BCUT2D eigenvalue weighted by molar-refractivity contribution is -0.141. The van der Waals surface area contributed by atoms with Gasteiger partial charge in [0.1, 0.15) is 11.8 Å². The first-order valence-electron chi connectivity index (χ1n) is 14.1. The lowest BCUT2D eigenvalue weighted by atomic mass is 10.0. The molecule has 0 heterocycles. The van der Waals surface area contributed by atoms with E-state index < -0.39 is 16.1 Å². The summed E-state index contributed by atoms with van der Waals surface area (Å²) in [6.07, 6.45) is 3.52. The minimum atomic E-state index is -3.61. The quantitative estimate of drug-likeness (QED) is 0.217. The van der Waals surface area contributed by atoms with E-state index in [4.69, 9.17) is 16.3 Å². The molecule has 226 valence electrons. The van der Waals surface area contributed by atoms with Crippen molar-refractivity contribution in [3.8, 4) is 5.75 Å². The van der Waals surface area contributed by atoms with E-state index in [-0.39, 0.29) is 37.7 Å². The van der Waals surface area contributed by atoms with Crippen LogP contribution in [-0.4, -0.2) is 57.6 Å². The van der Waals surface area contributed by atoms with E-state index in [0.717, 1.165) is 30.2 Å². The number of methoxy groups -OCH3 is 1. The molecule has 0 aliphatic heterocycles. The van der Waals surface area contributed by atoms with Crippen LogP contribution in [0.25, 0.3) is 0 Å². The Hall–Kier alpha value is -3.56. The number of carbonyl (C=O) groups is 2. The lowest BCUT2D eigenvalue weighted by Gasteiger charge is -2.32. The van der Waals surface area contributed by atoms with Crippen LogP contribution in [0, 0.1) is 0 Å². The second-order valence-corrected chi connectivity index (χ2v) is 12.4. The van der Waals surface area contributed by atoms with Crippen LogP contribution in [0.5, 0.6) is 5.75 Å². The number of sulfonamides is 1. The van der Waals surface area contributed by atoms with Gasteiger partial charge in [0.05, 0.1) is 19.1 Å². The number of unbranched alkanes of at least 4 members (excludes halogenated alkanes) is 1. The fourth-order valence-electron chi connectivity index (χ4n) is 4.62. The van der Waals surface area contributed by atoms with Gasteiger partial charge in [-0.25, -0.2) is 8.42 Å². The zero-order chi connectivity index (χ0) is 30.5. The Morgan fingerprint density at radius 2 is 1.62 bits per heavy atom. The van der Waals surface area contributed by atoms with Gasteiger partial charge < -0.3 is 15.0 Å². The Bertz CT molecular complexity index is 1400. The van der Waals surface area contributed by atoms with Crippen LogP contribution in [0.15, 0.2) is 78.9 Å². The van der Waals surface area contributed by atoms with Crippen molar-refractivity contribution in [2.75, 3.05) is 30.8 Å². The fraction of sp³-hybridized carbons (Fsp3) is 0.375. The summed E-state index contributed by atoms with van der Waals surface area (Å²) in [6.45, 7) is 2.81. The zero-order valence-corrected chi connectivity index (χ0v) is 26.0. The lowest BCUT2D eigenvalue weighted by Crippen LogP contribution is -2.50. The third-order valence-electron chi connectivity index (χ3n) is 6.91. The molecule has 3 aromatic carbocycles. The summed E-state index contributed by atoms with van der Waals surface area (Å²) in [4.78, 5) is 29.0. The summed E-state index contributed by atoms with van der Waals surface area (Å²) in [5.41, 5.74) is 2.13. The number of hydrogen-bond donors (Lipinski definition) is 1. The molecular weight excluding hydrogens is 574 g/mol. The predicted molar refractivity (Wildman–Crippen MR) is 168 cm³/mol. The van der Waals surface area contributed by atoms with Crippen LogP contribution in [0.3, 0.4) is 0 Å². The third-order valence-corrected chi connectivity index (χ3v) is 8.47. The van der Waals surface area contributed by atoms with Gasteiger partial charge in [0.25, 0.3) is 0 Å². The van der Waals surface area contributed by atoms with E-state index >= 15 is 0 Å². The van der Waals surface area contributed by atoms with Gasteiger partial charge in [0.2, 0.25) is 21.8 Å². The molecule has 42 heavy (non-hydrogen) atoms. The fourth-order valence-corrected chi connectivity index (χ4v) is 5.78. The molecule has 0 aromatic heterocycles. The maximum atomic E-state index is 13.9. The molecule has 8 nitrogen and oxygen atoms in total. The number of nitrogens with zero attached hydrogens (tertiary/aromatic N) is 2. The van der Waals surface area contributed by atoms with Crippen LogP contribution in [0.2, 0.25) is 5.02 Å². The first kappa shape index (κ1) is 32.9. The van der Waals surface area contributed by atoms with Gasteiger partial charge in [-0.2, -0.15) is 0 Å². The third kappa shape index (κ3) is 9.77. The maximum Gasteiger partial charge on any atom is 0.243 e. The van der Waals surface area contributed by atoms with Crippen molar-refractivity contribution >= 4 is 39.1 Å². The van der Waals surface area contributed by atoms with Crippen molar-refractivity contribution in [3.63, 3.8) is 0 Å². The minimum absolute atomic E-state index is 0.0418. The normalized spacial score (nSPS) is 11.9. The number of halogens is 1. The molecule has 0 aliphatic carbocycles. The molecule has 1 unspecified atom stereocenters. The van der Waals surface area contributed by atoms with Crippen molar-refractivity contribution in [1.29, 1.82) is 0 Å². The number of hydrogen-bond acceptors (Lipinski definition) is 5. The first-order chi connectivity index (χ1) is 20.1. The maximum absolute atomic E-state index is 13.9. The van der Waals surface area contributed by atoms with Crippen molar-refractivity contribution in [2.24, 2.45) is 0 Å². The molecule has 0 bridgehead atoms. The smallest absolute Gasteiger partial charge is 0.243 e. The number of nitrogens with one attached hydrogen (secondary N) is 1. The van der Waals surface area contributed by atoms with Gasteiger partial charge in [-0.1, -0.05) is 73.5 Å². The van der Waals surface area contributed by atoms with Crippen LogP contribution in [0.1, 0.15) is 43.7 Å². The molecule has 0 saturated carbocycles. The molecule has 1 N–H and O–H groups in total. The van der Waals surface area contributed by atoms with Crippen LogP contribution >= 0.6 is 11.6 Å². The topological polar surface area (TPSA) is 96.0 Å². The van der Waals surface area contributed by atoms with Crippen molar-refractivity contribution in [1.82, 2.24) is 10.2 Å². The number of carbonyl (C=O) groups excluding carboxylic acids is 2. The van der Waals surface area contributed by atoms with Crippen LogP contribution in [-0.2, 0) is 32.6 Å². The Morgan fingerprint density at radius 3 is 2.24 bits per heavy atom. The largest absolute Gasteiger partial charge is 0.497 e. The molecule has 1 atom stereocenters. The molecule has 10 heteroatoms. The Morgan fingerprint density at radius 1 is 0.952 bits per heavy atom. The summed E-state index contributed by atoms with van der Waals surface area (Å²) in [7, 11) is -2.07. The average molecular weight is 614 g/mol. The van der Waals surface area contributed by atoms with Crippen LogP contribution < -0.4 is 14.4 Å². The molecule has 0 saturated heterocycles. The molecule has 2 amide bonds. The van der Waals surface area contributed by atoms with E-state index in [1.54, 1.807) is 42.3 Å². The summed E-state index contributed by atoms with van der Waals surface area (Å²) in [5.74, 6) is 0.118. The van der Waals surface area contributed by atoms with E-state index in [1.165, 1.54) is 4.31 Å². The highest BCUT2D eigenvalue weighted by atomic mass is 35.5. The standard InChI is InChI=1S/C32H40ClN3O5S/c1-4-5-21-34-32(38)30(23-25-12-7-6-8-13-25)35(24-26-14-9-10-15-29(26)33)31(37)16-11-22-36(42(3,39)40)27-17-19-28(41-2)20-18-27/h6-10,12-15,17-20,30H,4-5,11,16,21-24H2,1-3H3,(H,34,38). The highest BCUT2D eigenvalue weighted by molar-refractivity contribution is 7.92. The highest BCUT2D eigenvalue weighted by Crippen LogP contribution is 2.24. The van der Waals surface area contributed by atoms with Gasteiger partial charge in [0, 0.05) is 37.5 Å². The number of rotatable bonds is 16. The molecule has 0 radical (unpaired) electrons. The Labute approximate surface area is 254 Å². The summed E-state index contributed by atoms with van der Waals surface area (Å²) in [5, 5.41) is 3.50. The van der Waals surface area contributed by atoms with Gasteiger partial charge >= 0.3 is 0 Å². The molecule has 3 rings (SSSR count). The summed E-state index contributed by atoms with van der Waals surface area (Å²) < 4.78 is 31.7.